The molecule has 1 aromatic carbocycles. The summed E-state index contributed by atoms with van der Waals surface area (Å²) >= 11 is 0. The predicted molar refractivity (Wildman–Crippen MR) is 65.3 cm³/mol. The molecule has 0 radical (unpaired) electrons. The Hall–Kier alpha value is -2.07. The van der Waals surface area contributed by atoms with Gasteiger partial charge in [0.15, 0.2) is 0 Å². The number of amides is 1. The molecule has 108 valence electrons. The summed E-state index contributed by atoms with van der Waals surface area (Å²) < 4.78 is 49.3. The van der Waals surface area contributed by atoms with E-state index in [1.54, 1.807) is 0 Å². The minimum absolute atomic E-state index is 0.112. The van der Waals surface area contributed by atoms with Crippen molar-refractivity contribution in [2.45, 2.75) is 12.6 Å². The standard InChI is InChI=1S/C13H12F4N2O/c14-11-8-9(2-1-6-18)3-4-10(11)12(20)19-7-5-13(15,16)17/h3-4,8H,5-7,18H2,(H,19,20). The van der Waals surface area contributed by atoms with E-state index in [0.717, 1.165) is 6.07 Å². The van der Waals surface area contributed by atoms with E-state index in [1.807, 2.05) is 5.32 Å². The Morgan fingerprint density at radius 1 is 1.35 bits per heavy atom. The third-order valence-corrected chi connectivity index (χ3v) is 2.24. The number of halogens is 4. The first-order valence-electron chi connectivity index (χ1n) is 5.67. The lowest BCUT2D eigenvalue weighted by Gasteiger charge is -2.08. The van der Waals surface area contributed by atoms with E-state index >= 15 is 0 Å². The highest BCUT2D eigenvalue weighted by atomic mass is 19.4. The molecule has 0 fully saturated rings. The molecule has 0 atom stereocenters. The van der Waals surface area contributed by atoms with Crippen LogP contribution in [0.2, 0.25) is 0 Å². The molecule has 0 unspecified atom stereocenters. The summed E-state index contributed by atoms with van der Waals surface area (Å²) in [6.07, 6.45) is -5.53. The van der Waals surface area contributed by atoms with Gasteiger partial charge in [0, 0.05) is 12.1 Å². The fraction of sp³-hybridized carbons (Fsp3) is 0.308. The van der Waals surface area contributed by atoms with Gasteiger partial charge >= 0.3 is 6.18 Å². The summed E-state index contributed by atoms with van der Waals surface area (Å²) in [5.74, 6) is 3.35. The number of benzene rings is 1. The normalized spacial score (nSPS) is 10.7. The first-order valence-corrected chi connectivity index (χ1v) is 5.67. The number of carbonyl (C=O) groups is 1. The van der Waals surface area contributed by atoms with E-state index in [0.29, 0.717) is 5.56 Å². The van der Waals surface area contributed by atoms with E-state index < -0.39 is 30.9 Å². The van der Waals surface area contributed by atoms with Gasteiger partial charge in [-0.15, -0.1) is 0 Å². The molecule has 0 bridgehead atoms. The van der Waals surface area contributed by atoms with Crippen LogP contribution in [-0.2, 0) is 0 Å². The third-order valence-electron chi connectivity index (χ3n) is 2.24. The number of hydrogen-bond donors (Lipinski definition) is 2. The lowest BCUT2D eigenvalue weighted by molar-refractivity contribution is -0.132. The van der Waals surface area contributed by atoms with Crippen molar-refractivity contribution in [1.29, 1.82) is 0 Å². The molecule has 20 heavy (non-hydrogen) atoms. The summed E-state index contributed by atoms with van der Waals surface area (Å²) in [4.78, 5) is 11.5. The molecule has 0 spiro atoms. The van der Waals surface area contributed by atoms with Crippen molar-refractivity contribution in [3.05, 3.63) is 35.1 Å². The van der Waals surface area contributed by atoms with Crippen LogP contribution in [0, 0.1) is 17.7 Å². The molecule has 0 aliphatic rings. The molecule has 3 N–H and O–H groups in total. The zero-order valence-corrected chi connectivity index (χ0v) is 10.4. The molecule has 0 heterocycles. The number of hydrogen-bond acceptors (Lipinski definition) is 2. The Bertz CT molecular complexity index is 544. The van der Waals surface area contributed by atoms with Gasteiger partial charge in [-0.25, -0.2) is 4.39 Å². The molecule has 1 amide bonds. The van der Waals surface area contributed by atoms with E-state index in [1.165, 1.54) is 12.1 Å². The summed E-state index contributed by atoms with van der Waals surface area (Å²) in [6.45, 7) is -0.488. The number of carbonyl (C=O) groups excluding carboxylic acids is 1. The second-order valence-electron chi connectivity index (χ2n) is 3.82. The highest BCUT2D eigenvalue weighted by Gasteiger charge is 2.26. The Morgan fingerprint density at radius 2 is 2.05 bits per heavy atom. The van der Waals surface area contributed by atoms with E-state index in [9.17, 15) is 22.4 Å². The second kappa shape index (κ2) is 6.91. The maximum absolute atomic E-state index is 13.6. The fourth-order valence-electron chi connectivity index (χ4n) is 1.34. The van der Waals surface area contributed by atoms with Crippen molar-refractivity contribution in [3.8, 4) is 11.8 Å². The predicted octanol–water partition coefficient (Wildman–Crippen LogP) is 1.82. The quantitative estimate of drug-likeness (QED) is 0.658. The Morgan fingerprint density at radius 3 is 2.60 bits per heavy atom. The maximum atomic E-state index is 13.6. The van der Waals surface area contributed by atoms with Gasteiger partial charge in [0.25, 0.3) is 5.91 Å². The lowest BCUT2D eigenvalue weighted by Crippen LogP contribution is -2.28. The van der Waals surface area contributed by atoms with Crippen LogP contribution < -0.4 is 11.1 Å². The highest BCUT2D eigenvalue weighted by molar-refractivity contribution is 5.94. The molecule has 3 nitrogen and oxygen atoms in total. The van der Waals surface area contributed by atoms with Gasteiger partial charge < -0.3 is 11.1 Å². The first-order chi connectivity index (χ1) is 9.33. The molecule has 1 rings (SSSR count). The average Bonchev–Trinajstić information content (AvgIpc) is 2.34. The zero-order chi connectivity index (χ0) is 15.2. The van der Waals surface area contributed by atoms with Gasteiger partial charge in [0.2, 0.25) is 0 Å². The van der Waals surface area contributed by atoms with Crippen LogP contribution in [0.1, 0.15) is 22.3 Å². The highest BCUT2D eigenvalue weighted by Crippen LogP contribution is 2.18. The van der Waals surface area contributed by atoms with Gasteiger partial charge in [-0.3, -0.25) is 4.79 Å². The van der Waals surface area contributed by atoms with Crippen molar-refractivity contribution in [2.24, 2.45) is 5.73 Å². The zero-order valence-electron chi connectivity index (χ0n) is 10.4. The maximum Gasteiger partial charge on any atom is 0.390 e. The summed E-state index contributed by atoms with van der Waals surface area (Å²) in [6, 6.07) is 3.59. The molecule has 1 aromatic rings. The molecule has 0 aliphatic carbocycles. The minimum atomic E-state index is -4.37. The van der Waals surface area contributed by atoms with Gasteiger partial charge in [-0.1, -0.05) is 11.8 Å². The van der Waals surface area contributed by atoms with Crippen LogP contribution in [-0.4, -0.2) is 25.2 Å². The third kappa shape index (κ3) is 5.28. The number of rotatable bonds is 3. The second-order valence-corrected chi connectivity index (χ2v) is 3.82. The Balaban J connectivity index is 2.69. The molecule has 0 aliphatic heterocycles. The van der Waals surface area contributed by atoms with Crippen molar-refractivity contribution in [1.82, 2.24) is 5.32 Å². The van der Waals surface area contributed by atoms with Gasteiger partial charge in [0.05, 0.1) is 18.5 Å². The van der Waals surface area contributed by atoms with Crippen LogP contribution >= 0.6 is 0 Å². The van der Waals surface area contributed by atoms with Crippen molar-refractivity contribution in [3.63, 3.8) is 0 Å². The molecule has 0 saturated heterocycles. The van der Waals surface area contributed by atoms with Crippen molar-refractivity contribution in [2.75, 3.05) is 13.1 Å². The van der Waals surface area contributed by atoms with E-state index in [2.05, 4.69) is 11.8 Å². The average molecular weight is 288 g/mol. The first kappa shape index (κ1) is 16.0. The van der Waals surface area contributed by atoms with Crippen LogP contribution in [0.3, 0.4) is 0 Å². The molecule has 0 saturated carbocycles. The largest absolute Gasteiger partial charge is 0.390 e. The Labute approximate surface area is 113 Å². The summed E-state index contributed by atoms with van der Waals surface area (Å²) in [5, 5.41) is 2.00. The summed E-state index contributed by atoms with van der Waals surface area (Å²) in [5.41, 5.74) is 5.16. The van der Waals surface area contributed by atoms with Crippen LogP contribution in [0.4, 0.5) is 17.6 Å². The SMILES string of the molecule is NCC#Cc1ccc(C(=O)NCCC(F)(F)F)c(F)c1. The van der Waals surface area contributed by atoms with E-state index in [-0.39, 0.29) is 12.1 Å². The van der Waals surface area contributed by atoms with Crippen molar-refractivity contribution < 1.29 is 22.4 Å². The number of nitrogens with two attached hydrogens (primary N) is 1. The van der Waals surface area contributed by atoms with Crippen LogP contribution in [0.15, 0.2) is 18.2 Å². The molecular formula is C13H12F4N2O. The van der Waals surface area contributed by atoms with E-state index in [4.69, 9.17) is 5.73 Å². The molecular weight excluding hydrogens is 276 g/mol. The molecule has 7 heteroatoms. The number of alkyl halides is 3. The smallest absolute Gasteiger partial charge is 0.352 e. The van der Waals surface area contributed by atoms with Gasteiger partial charge in [-0.05, 0) is 18.2 Å². The lowest BCUT2D eigenvalue weighted by atomic mass is 10.1. The monoisotopic (exact) mass is 288 g/mol. The van der Waals surface area contributed by atoms with Crippen LogP contribution in [0.25, 0.3) is 0 Å². The topological polar surface area (TPSA) is 55.1 Å². The molecule has 0 aromatic heterocycles. The Kier molecular flexibility index (Phi) is 5.53. The minimum Gasteiger partial charge on any atom is -0.352 e. The van der Waals surface area contributed by atoms with Crippen molar-refractivity contribution >= 4 is 5.91 Å². The number of nitrogens with one attached hydrogen (secondary N) is 1. The fourth-order valence-corrected chi connectivity index (χ4v) is 1.34. The summed E-state index contributed by atoms with van der Waals surface area (Å²) in [7, 11) is 0. The van der Waals surface area contributed by atoms with Gasteiger partial charge in [0.1, 0.15) is 5.82 Å². The van der Waals surface area contributed by atoms with Crippen LogP contribution in [0.5, 0.6) is 0 Å². The van der Waals surface area contributed by atoms with Gasteiger partial charge in [-0.2, -0.15) is 13.2 Å².